The predicted molar refractivity (Wildman–Crippen MR) is 93.6 cm³/mol. The molecule has 0 atom stereocenters. The molecular weight excluding hydrogens is 321 g/mol. The molecular formula is C19H16FN3O2. The number of hydrogen-bond acceptors (Lipinski definition) is 4. The number of halogens is 1. The number of carbonyl (C=O) groups is 1. The molecule has 0 saturated carbocycles. The Kier molecular flexibility index (Phi) is 3.82. The summed E-state index contributed by atoms with van der Waals surface area (Å²) in [5, 5.41) is 4.28. The Morgan fingerprint density at radius 1 is 1.16 bits per heavy atom. The van der Waals surface area contributed by atoms with Gasteiger partial charge in [0, 0.05) is 11.6 Å². The molecule has 1 aliphatic heterocycles. The van der Waals surface area contributed by atoms with E-state index in [1.54, 1.807) is 6.07 Å². The quantitative estimate of drug-likeness (QED) is 0.770. The molecule has 0 bridgehead atoms. The molecule has 6 heteroatoms. The number of rotatable bonds is 3. The maximum Gasteiger partial charge on any atom is 0.253 e. The number of anilines is 1. The minimum Gasteiger partial charge on any atom is -0.383 e. The van der Waals surface area contributed by atoms with Crippen molar-refractivity contribution >= 4 is 22.5 Å². The normalized spacial score (nSPS) is 14.3. The highest BCUT2D eigenvalue weighted by molar-refractivity contribution is 6.09. The Morgan fingerprint density at radius 2 is 1.96 bits per heavy atom. The van der Waals surface area contributed by atoms with Crippen molar-refractivity contribution in [3.05, 3.63) is 60.0 Å². The first kappa shape index (κ1) is 15.5. The standard InChI is InChI=1S/C19H16FN3O2/c20-13-3-1-2-11(6-13)12-4-5-15-16(7-12)18(21)22-8-17(15)19(24)23-14-9-25-10-14/h1-8,14H,9-10H2,(H2,21,22)(H,23,24). The van der Waals surface area contributed by atoms with Crippen LogP contribution in [0.1, 0.15) is 10.4 Å². The first-order valence-electron chi connectivity index (χ1n) is 7.94. The molecule has 25 heavy (non-hydrogen) atoms. The van der Waals surface area contributed by atoms with Crippen molar-refractivity contribution < 1.29 is 13.9 Å². The SMILES string of the molecule is Nc1ncc(C(=O)NC2COC2)c2ccc(-c3cccc(F)c3)cc12. The number of amides is 1. The zero-order valence-electron chi connectivity index (χ0n) is 13.3. The van der Waals surface area contributed by atoms with Gasteiger partial charge >= 0.3 is 0 Å². The lowest BCUT2D eigenvalue weighted by molar-refractivity contribution is -0.00343. The Morgan fingerprint density at radius 3 is 2.68 bits per heavy atom. The van der Waals surface area contributed by atoms with Crippen molar-refractivity contribution in [1.82, 2.24) is 10.3 Å². The van der Waals surface area contributed by atoms with Crippen LogP contribution in [0.3, 0.4) is 0 Å². The van der Waals surface area contributed by atoms with Crippen LogP contribution in [0.4, 0.5) is 10.2 Å². The highest BCUT2D eigenvalue weighted by atomic mass is 19.1. The molecule has 1 fully saturated rings. The second kappa shape index (κ2) is 6.14. The van der Waals surface area contributed by atoms with Crippen LogP contribution in [0.25, 0.3) is 21.9 Å². The molecule has 1 amide bonds. The van der Waals surface area contributed by atoms with Crippen LogP contribution in [-0.2, 0) is 4.74 Å². The maximum absolute atomic E-state index is 13.5. The summed E-state index contributed by atoms with van der Waals surface area (Å²) in [5.41, 5.74) is 8.01. The summed E-state index contributed by atoms with van der Waals surface area (Å²) in [4.78, 5) is 16.6. The molecule has 0 aliphatic carbocycles. The van der Waals surface area contributed by atoms with Gasteiger partial charge in [0.2, 0.25) is 0 Å². The molecule has 126 valence electrons. The third kappa shape index (κ3) is 2.92. The Bertz CT molecular complexity index is 970. The van der Waals surface area contributed by atoms with Gasteiger partial charge in [0.05, 0.1) is 24.8 Å². The fraction of sp³-hybridized carbons (Fsp3) is 0.158. The van der Waals surface area contributed by atoms with Crippen LogP contribution >= 0.6 is 0 Å². The van der Waals surface area contributed by atoms with Crippen LogP contribution in [0, 0.1) is 5.82 Å². The molecule has 0 unspecified atom stereocenters. The Hall–Kier alpha value is -2.99. The van der Waals surface area contributed by atoms with E-state index in [1.165, 1.54) is 18.3 Å². The van der Waals surface area contributed by atoms with Crippen molar-refractivity contribution in [2.75, 3.05) is 18.9 Å². The van der Waals surface area contributed by atoms with Crippen LogP contribution in [-0.4, -0.2) is 30.1 Å². The van der Waals surface area contributed by atoms with Crippen molar-refractivity contribution in [3.8, 4) is 11.1 Å². The number of nitrogens with two attached hydrogens (primary N) is 1. The summed E-state index contributed by atoms with van der Waals surface area (Å²) >= 11 is 0. The molecule has 1 aliphatic rings. The van der Waals surface area contributed by atoms with Gasteiger partial charge in [-0.25, -0.2) is 9.37 Å². The fourth-order valence-corrected chi connectivity index (χ4v) is 2.87. The average Bonchev–Trinajstić information content (AvgIpc) is 2.58. The fourth-order valence-electron chi connectivity index (χ4n) is 2.87. The maximum atomic E-state index is 13.5. The molecule has 3 N–H and O–H groups in total. The molecule has 0 spiro atoms. The van der Waals surface area contributed by atoms with E-state index in [1.807, 2.05) is 24.3 Å². The Balaban J connectivity index is 1.77. The van der Waals surface area contributed by atoms with Crippen LogP contribution in [0.15, 0.2) is 48.7 Å². The highest BCUT2D eigenvalue weighted by Crippen LogP contribution is 2.29. The first-order valence-corrected chi connectivity index (χ1v) is 7.94. The zero-order valence-corrected chi connectivity index (χ0v) is 13.3. The molecule has 5 nitrogen and oxygen atoms in total. The van der Waals surface area contributed by atoms with E-state index in [0.717, 1.165) is 11.1 Å². The van der Waals surface area contributed by atoms with Gasteiger partial charge in [-0.15, -0.1) is 0 Å². The molecule has 1 saturated heterocycles. The third-order valence-electron chi connectivity index (χ3n) is 4.29. The number of nitrogens with zero attached hydrogens (tertiary/aromatic N) is 1. The minimum absolute atomic E-state index is 0.0340. The summed E-state index contributed by atoms with van der Waals surface area (Å²) in [7, 11) is 0. The molecule has 4 rings (SSSR count). The van der Waals surface area contributed by atoms with Crippen LogP contribution < -0.4 is 11.1 Å². The second-order valence-corrected chi connectivity index (χ2v) is 6.04. The monoisotopic (exact) mass is 337 g/mol. The van der Waals surface area contributed by atoms with Crippen molar-refractivity contribution in [1.29, 1.82) is 0 Å². The van der Waals surface area contributed by atoms with E-state index < -0.39 is 0 Å². The van der Waals surface area contributed by atoms with E-state index in [-0.39, 0.29) is 17.8 Å². The van der Waals surface area contributed by atoms with Gasteiger partial charge in [-0.05, 0) is 34.7 Å². The predicted octanol–water partition coefficient (Wildman–Crippen LogP) is 2.75. The van der Waals surface area contributed by atoms with E-state index >= 15 is 0 Å². The van der Waals surface area contributed by atoms with Crippen LogP contribution in [0.2, 0.25) is 0 Å². The number of benzene rings is 2. The van der Waals surface area contributed by atoms with Gasteiger partial charge in [0.1, 0.15) is 11.6 Å². The van der Waals surface area contributed by atoms with E-state index in [4.69, 9.17) is 10.5 Å². The largest absolute Gasteiger partial charge is 0.383 e. The van der Waals surface area contributed by atoms with Gasteiger partial charge < -0.3 is 15.8 Å². The smallest absolute Gasteiger partial charge is 0.253 e. The van der Waals surface area contributed by atoms with Gasteiger partial charge in [-0.1, -0.05) is 24.3 Å². The number of fused-ring (bicyclic) bond motifs is 1. The molecule has 0 radical (unpaired) electrons. The number of ether oxygens (including phenoxy) is 1. The lowest BCUT2D eigenvalue weighted by Crippen LogP contribution is -2.48. The number of hydrogen-bond donors (Lipinski definition) is 2. The number of nitrogens with one attached hydrogen (secondary N) is 1. The molecule has 1 aromatic heterocycles. The minimum atomic E-state index is -0.306. The van der Waals surface area contributed by atoms with E-state index in [0.29, 0.717) is 35.4 Å². The van der Waals surface area contributed by atoms with Gasteiger partial charge in [-0.3, -0.25) is 4.79 Å². The molecule has 2 aromatic carbocycles. The zero-order chi connectivity index (χ0) is 17.4. The lowest BCUT2D eigenvalue weighted by atomic mass is 9.99. The highest BCUT2D eigenvalue weighted by Gasteiger charge is 2.22. The average molecular weight is 337 g/mol. The Labute approximate surface area is 143 Å². The molecule has 2 heterocycles. The number of pyridine rings is 1. The summed E-state index contributed by atoms with van der Waals surface area (Å²) in [6.45, 7) is 1.05. The summed E-state index contributed by atoms with van der Waals surface area (Å²) in [6, 6.07) is 11.9. The number of aromatic nitrogens is 1. The van der Waals surface area contributed by atoms with Crippen LogP contribution in [0.5, 0.6) is 0 Å². The van der Waals surface area contributed by atoms with Crippen molar-refractivity contribution in [2.24, 2.45) is 0 Å². The molecule has 3 aromatic rings. The first-order chi connectivity index (χ1) is 12.1. The topological polar surface area (TPSA) is 77.2 Å². The van der Waals surface area contributed by atoms with Gasteiger partial charge in [-0.2, -0.15) is 0 Å². The summed E-state index contributed by atoms with van der Waals surface area (Å²) in [5.74, 6) is -0.180. The van der Waals surface area contributed by atoms with Gasteiger partial charge in [0.15, 0.2) is 0 Å². The van der Waals surface area contributed by atoms with Gasteiger partial charge in [0.25, 0.3) is 5.91 Å². The summed E-state index contributed by atoms with van der Waals surface area (Å²) < 4.78 is 18.5. The van der Waals surface area contributed by atoms with E-state index in [9.17, 15) is 9.18 Å². The summed E-state index contributed by atoms with van der Waals surface area (Å²) in [6.07, 6.45) is 1.48. The third-order valence-corrected chi connectivity index (χ3v) is 4.29. The second-order valence-electron chi connectivity index (χ2n) is 6.04. The van der Waals surface area contributed by atoms with E-state index in [2.05, 4.69) is 10.3 Å². The number of carbonyl (C=O) groups excluding carboxylic acids is 1. The van der Waals surface area contributed by atoms with Crippen molar-refractivity contribution in [3.63, 3.8) is 0 Å². The van der Waals surface area contributed by atoms with Crippen molar-refractivity contribution in [2.45, 2.75) is 6.04 Å². The number of nitrogen functional groups attached to an aromatic ring is 1. The lowest BCUT2D eigenvalue weighted by Gasteiger charge is -2.27.